The number of aliphatic hydroxyl groups is 1. The molecule has 1 rings (SSSR count). The summed E-state index contributed by atoms with van der Waals surface area (Å²) in [6, 6.07) is 10.0. The predicted octanol–water partition coefficient (Wildman–Crippen LogP) is 1.27. The van der Waals surface area contributed by atoms with Gasteiger partial charge in [0.2, 0.25) is 0 Å². The zero-order valence-electron chi connectivity index (χ0n) is 14.0. The Morgan fingerprint density at radius 1 is 1.23 bits per heavy atom. The smallest absolute Gasteiger partial charge is 0.191 e. The summed E-state index contributed by atoms with van der Waals surface area (Å²) in [5, 5.41) is 16.2. The SMILES string of the molecule is CCNC(=NCC(CO)c1ccccc1)NCCN(C)CC. The van der Waals surface area contributed by atoms with Crippen LogP contribution in [0.15, 0.2) is 35.3 Å². The van der Waals surface area contributed by atoms with Crippen molar-refractivity contribution >= 4 is 5.96 Å². The Kier molecular flexibility index (Phi) is 9.26. The van der Waals surface area contributed by atoms with E-state index in [2.05, 4.69) is 41.4 Å². The van der Waals surface area contributed by atoms with Gasteiger partial charge >= 0.3 is 0 Å². The van der Waals surface area contributed by atoms with Gasteiger partial charge < -0.3 is 20.6 Å². The van der Waals surface area contributed by atoms with Crippen LogP contribution in [0, 0.1) is 0 Å². The van der Waals surface area contributed by atoms with E-state index >= 15 is 0 Å². The molecule has 0 bridgehead atoms. The van der Waals surface area contributed by atoms with E-state index in [9.17, 15) is 5.11 Å². The molecule has 5 heteroatoms. The van der Waals surface area contributed by atoms with Crippen molar-refractivity contribution in [2.24, 2.45) is 4.99 Å². The first-order valence-corrected chi connectivity index (χ1v) is 8.07. The van der Waals surface area contributed by atoms with Crippen LogP contribution in [-0.4, -0.2) is 62.3 Å². The van der Waals surface area contributed by atoms with Gasteiger partial charge in [-0.05, 0) is 26.1 Å². The van der Waals surface area contributed by atoms with Gasteiger partial charge in [0.15, 0.2) is 5.96 Å². The van der Waals surface area contributed by atoms with Crippen LogP contribution in [0.1, 0.15) is 25.3 Å². The predicted molar refractivity (Wildman–Crippen MR) is 93.4 cm³/mol. The van der Waals surface area contributed by atoms with Gasteiger partial charge in [-0.15, -0.1) is 0 Å². The van der Waals surface area contributed by atoms with Crippen LogP contribution in [0.25, 0.3) is 0 Å². The molecule has 0 radical (unpaired) electrons. The van der Waals surface area contributed by atoms with E-state index in [0.29, 0.717) is 6.54 Å². The quantitative estimate of drug-likeness (QED) is 0.475. The van der Waals surface area contributed by atoms with Crippen LogP contribution in [-0.2, 0) is 0 Å². The third-order valence-corrected chi connectivity index (χ3v) is 3.63. The average Bonchev–Trinajstić information content (AvgIpc) is 2.56. The maximum atomic E-state index is 9.59. The molecule has 5 nitrogen and oxygen atoms in total. The molecule has 0 saturated carbocycles. The fourth-order valence-corrected chi connectivity index (χ4v) is 2.06. The summed E-state index contributed by atoms with van der Waals surface area (Å²) in [6.45, 7) is 8.56. The van der Waals surface area contributed by atoms with Gasteiger partial charge in [-0.2, -0.15) is 0 Å². The average molecular weight is 306 g/mol. The summed E-state index contributed by atoms with van der Waals surface area (Å²) in [6.07, 6.45) is 0. The molecule has 0 aliphatic heterocycles. The molecule has 0 saturated heterocycles. The Bertz CT molecular complexity index is 422. The summed E-state index contributed by atoms with van der Waals surface area (Å²) in [5.41, 5.74) is 1.12. The molecule has 22 heavy (non-hydrogen) atoms. The third kappa shape index (κ3) is 6.91. The zero-order chi connectivity index (χ0) is 16.2. The molecule has 1 unspecified atom stereocenters. The highest BCUT2D eigenvalue weighted by molar-refractivity contribution is 5.79. The second-order valence-corrected chi connectivity index (χ2v) is 5.33. The molecule has 1 aromatic rings. The molecular formula is C17H30N4O. The topological polar surface area (TPSA) is 59.9 Å². The molecule has 0 aromatic heterocycles. The molecule has 3 N–H and O–H groups in total. The molecule has 1 atom stereocenters. The minimum Gasteiger partial charge on any atom is -0.396 e. The van der Waals surface area contributed by atoms with E-state index < -0.39 is 0 Å². The first kappa shape index (κ1) is 18.5. The maximum absolute atomic E-state index is 9.59. The van der Waals surface area contributed by atoms with Gasteiger partial charge in [-0.1, -0.05) is 37.3 Å². The molecule has 0 amide bonds. The number of aliphatic hydroxyl groups excluding tert-OH is 1. The maximum Gasteiger partial charge on any atom is 0.191 e. The lowest BCUT2D eigenvalue weighted by Gasteiger charge is -2.17. The number of rotatable bonds is 9. The Labute approximate surface area is 134 Å². The number of hydrogen-bond acceptors (Lipinski definition) is 3. The van der Waals surface area contributed by atoms with Crippen molar-refractivity contribution in [1.29, 1.82) is 0 Å². The van der Waals surface area contributed by atoms with Crippen LogP contribution in [0.4, 0.5) is 0 Å². The summed E-state index contributed by atoms with van der Waals surface area (Å²) in [4.78, 5) is 6.85. The summed E-state index contributed by atoms with van der Waals surface area (Å²) in [7, 11) is 2.10. The summed E-state index contributed by atoms with van der Waals surface area (Å²) < 4.78 is 0. The number of benzene rings is 1. The standard InChI is InChI=1S/C17H30N4O/c1-4-18-17(19-11-12-21(3)5-2)20-13-16(14-22)15-9-7-6-8-10-15/h6-10,16,22H,4-5,11-14H2,1-3H3,(H2,18,19,20). The van der Waals surface area contributed by atoms with Crippen LogP contribution in [0.3, 0.4) is 0 Å². The number of aliphatic imine (C=N–C) groups is 1. The number of nitrogens with one attached hydrogen (secondary N) is 2. The van der Waals surface area contributed by atoms with E-state index in [1.54, 1.807) is 0 Å². The highest BCUT2D eigenvalue weighted by Gasteiger charge is 2.09. The van der Waals surface area contributed by atoms with E-state index in [1.807, 2.05) is 30.3 Å². The van der Waals surface area contributed by atoms with Crippen LogP contribution >= 0.6 is 0 Å². The van der Waals surface area contributed by atoms with Gasteiger partial charge in [0.25, 0.3) is 0 Å². The highest BCUT2D eigenvalue weighted by atomic mass is 16.3. The number of likely N-dealkylation sites (N-methyl/N-ethyl adjacent to an activating group) is 1. The second-order valence-electron chi connectivity index (χ2n) is 5.33. The molecule has 0 aliphatic carbocycles. The molecule has 0 spiro atoms. The molecule has 1 aromatic carbocycles. The summed E-state index contributed by atoms with van der Waals surface area (Å²) >= 11 is 0. The third-order valence-electron chi connectivity index (χ3n) is 3.63. The van der Waals surface area contributed by atoms with E-state index in [1.165, 1.54) is 0 Å². The van der Waals surface area contributed by atoms with E-state index in [0.717, 1.165) is 37.7 Å². The Hall–Kier alpha value is -1.59. The van der Waals surface area contributed by atoms with Crippen molar-refractivity contribution in [3.05, 3.63) is 35.9 Å². The highest BCUT2D eigenvalue weighted by Crippen LogP contribution is 2.14. The van der Waals surface area contributed by atoms with Crippen LogP contribution in [0.5, 0.6) is 0 Å². The second kappa shape index (κ2) is 11.0. The number of hydrogen-bond donors (Lipinski definition) is 3. The van der Waals surface area contributed by atoms with E-state index in [-0.39, 0.29) is 12.5 Å². The first-order valence-electron chi connectivity index (χ1n) is 8.07. The van der Waals surface area contributed by atoms with Crippen molar-refractivity contribution in [1.82, 2.24) is 15.5 Å². The Morgan fingerprint density at radius 2 is 1.95 bits per heavy atom. The number of nitrogens with zero attached hydrogens (tertiary/aromatic N) is 2. The lowest BCUT2D eigenvalue weighted by molar-refractivity contribution is 0.268. The lowest BCUT2D eigenvalue weighted by atomic mass is 10.0. The molecule has 0 heterocycles. The summed E-state index contributed by atoms with van der Waals surface area (Å²) in [5.74, 6) is 0.844. The van der Waals surface area contributed by atoms with Crippen molar-refractivity contribution in [3.63, 3.8) is 0 Å². The fraction of sp³-hybridized carbons (Fsp3) is 0.588. The molecule has 0 aliphatic rings. The van der Waals surface area contributed by atoms with Gasteiger partial charge in [0.1, 0.15) is 0 Å². The minimum atomic E-state index is 0.0370. The molecule has 124 valence electrons. The largest absolute Gasteiger partial charge is 0.396 e. The van der Waals surface area contributed by atoms with Gasteiger partial charge in [-0.25, -0.2) is 0 Å². The number of guanidine groups is 1. The zero-order valence-corrected chi connectivity index (χ0v) is 14.0. The first-order chi connectivity index (χ1) is 10.7. The van der Waals surface area contributed by atoms with E-state index in [4.69, 9.17) is 0 Å². The van der Waals surface area contributed by atoms with Crippen molar-refractivity contribution < 1.29 is 5.11 Å². The minimum absolute atomic E-state index is 0.0370. The fourth-order valence-electron chi connectivity index (χ4n) is 2.06. The van der Waals surface area contributed by atoms with Gasteiger partial charge in [0.05, 0.1) is 13.2 Å². The lowest BCUT2D eigenvalue weighted by Crippen LogP contribution is -2.41. The van der Waals surface area contributed by atoms with Gasteiger partial charge in [0, 0.05) is 25.6 Å². The monoisotopic (exact) mass is 306 g/mol. The van der Waals surface area contributed by atoms with Crippen LogP contribution < -0.4 is 10.6 Å². The normalized spacial score (nSPS) is 13.2. The Balaban J connectivity index is 2.56. The molecule has 0 fully saturated rings. The van der Waals surface area contributed by atoms with Crippen molar-refractivity contribution in [2.45, 2.75) is 19.8 Å². The molecular weight excluding hydrogens is 276 g/mol. The van der Waals surface area contributed by atoms with Gasteiger partial charge in [-0.3, -0.25) is 4.99 Å². The Morgan fingerprint density at radius 3 is 2.55 bits per heavy atom. The van der Waals surface area contributed by atoms with Crippen LogP contribution in [0.2, 0.25) is 0 Å². The van der Waals surface area contributed by atoms with Crippen molar-refractivity contribution in [2.75, 3.05) is 46.4 Å². The van der Waals surface area contributed by atoms with Crippen molar-refractivity contribution in [3.8, 4) is 0 Å².